The molecule has 0 spiro atoms. The van der Waals surface area contributed by atoms with Gasteiger partial charge in [-0.3, -0.25) is 0 Å². The normalized spacial score (nSPS) is 13.8. The average molecular weight is 185 g/mol. The minimum atomic E-state index is -5.24. The Hall–Kier alpha value is -0.0100. The summed E-state index contributed by atoms with van der Waals surface area (Å²) in [4.78, 5) is 0. The molecular weight excluding hydrogens is 185 g/mol. The maximum Gasteiger partial charge on any atom is 0.538 e. The molecule has 56 valence electrons. The highest BCUT2D eigenvalue weighted by Crippen LogP contribution is 2.20. The second-order valence-corrected chi connectivity index (χ2v) is 3.01. The highest BCUT2D eigenvalue weighted by Gasteiger charge is 2.35. The van der Waals surface area contributed by atoms with Crippen LogP contribution in [0.2, 0.25) is 0 Å². The van der Waals surface area contributed by atoms with Gasteiger partial charge in [0.05, 0.1) is 0 Å². The van der Waals surface area contributed by atoms with Gasteiger partial charge in [0, 0.05) is 10.7 Å². The van der Waals surface area contributed by atoms with Gasteiger partial charge in [0.1, 0.15) is 0 Å². The Bertz CT molecular complexity index is 180. The highest BCUT2D eigenvalue weighted by atomic mass is 35.7. The van der Waals surface area contributed by atoms with Crippen molar-refractivity contribution < 1.29 is 25.8 Å². The van der Waals surface area contributed by atoms with Gasteiger partial charge in [-0.2, -0.15) is 12.6 Å². The molecule has 0 saturated heterocycles. The van der Waals surface area contributed by atoms with Gasteiger partial charge >= 0.3 is 15.7 Å². The molecule has 0 N–H and O–H groups in total. The molecule has 0 aliphatic rings. The summed E-state index contributed by atoms with van der Waals surface area (Å²) in [6.45, 7) is 0. The third-order valence-corrected chi connectivity index (χ3v) is 0.771. The van der Waals surface area contributed by atoms with Crippen LogP contribution in [-0.4, -0.2) is 14.8 Å². The molecule has 0 fully saturated rings. The summed E-state index contributed by atoms with van der Waals surface area (Å²) in [6.07, 6.45) is -5.24. The standard InChI is InChI=1S/CClF3O3S/c2-9(6,7)8-1(3,4)5. The summed E-state index contributed by atoms with van der Waals surface area (Å²) in [6, 6.07) is 0. The monoisotopic (exact) mass is 184 g/mol. The lowest BCUT2D eigenvalue weighted by Gasteiger charge is -2.00. The molecule has 9 heavy (non-hydrogen) atoms. The fourth-order valence-corrected chi connectivity index (χ4v) is 0.553. The third-order valence-electron chi connectivity index (χ3n) is 0.194. The Labute approximate surface area is 53.0 Å². The smallest absolute Gasteiger partial charge is 0.181 e. The number of halogens is 4. The summed E-state index contributed by atoms with van der Waals surface area (Å²) < 4.78 is 53.9. The van der Waals surface area contributed by atoms with Crippen molar-refractivity contribution in [2.24, 2.45) is 0 Å². The zero-order valence-electron chi connectivity index (χ0n) is 3.64. The minimum absolute atomic E-state index is 2.36. The zero-order valence-corrected chi connectivity index (χ0v) is 5.22. The van der Waals surface area contributed by atoms with Crippen molar-refractivity contribution in [3.63, 3.8) is 0 Å². The first-order valence-corrected chi connectivity index (χ1v) is 3.66. The molecule has 0 heterocycles. The van der Waals surface area contributed by atoms with E-state index in [9.17, 15) is 21.6 Å². The summed E-state index contributed by atoms with van der Waals surface area (Å²) >= 11 is 0. The molecule has 0 aromatic carbocycles. The van der Waals surface area contributed by atoms with Gasteiger partial charge in [-0.05, 0) is 0 Å². The number of alkyl halides is 3. The fourth-order valence-electron chi connectivity index (χ4n) is 0.113. The maximum absolute atomic E-state index is 10.9. The van der Waals surface area contributed by atoms with Crippen molar-refractivity contribution in [2.45, 2.75) is 6.36 Å². The number of rotatable bonds is 1. The fraction of sp³-hybridized carbons (Fsp3) is 1.00. The van der Waals surface area contributed by atoms with Crippen LogP contribution in [0.15, 0.2) is 0 Å². The predicted molar refractivity (Wildman–Crippen MR) is 21.9 cm³/mol. The van der Waals surface area contributed by atoms with Crippen LogP contribution in [0.4, 0.5) is 13.2 Å². The molecule has 0 aliphatic heterocycles. The van der Waals surface area contributed by atoms with Crippen LogP contribution in [0.1, 0.15) is 0 Å². The van der Waals surface area contributed by atoms with E-state index in [2.05, 4.69) is 14.9 Å². The van der Waals surface area contributed by atoms with Crippen LogP contribution in [0.5, 0.6) is 0 Å². The van der Waals surface area contributed by atoms with E-state index in [1.165, 1.54) is 0 Å². The molecule has 8 heteroatoms. The number of hydrogen-bond acceptors (Lipinski definition) is 3. The van der Waals surface area contributed by atoms with Crippen molar-refractivity contribution >= 4 is 20.0 Å². The average Bonchev–Trinajstić information content (AvgIpc) is 1.14. The van der Waals surface area contributed by atoms with Gasteiger partial charge in [-0.1, -0.05) is 0 Å². The van der Waals surface area contributed by atoms with E-state index in [4.69, 9.17) is 0 Å². The molecule has 0 aromatic heterocycles. The summed E-state index contributed by atoms with van der Waals surface area (Å²) in [7, 11) is -0.887. The Morgan fingerprint density at radius 1 is 1.33 bits per heavy atom. The summed E-state index contributed by atoms with van der Waals surface area (Å²) in [5, 5.41) is 0. The van der Waals surface area contributed by atoms with Crippen LogP contribution in [0.3, 0.4) is 0 Å². The summed E-state index contributed by atoms with van der Waals surface area (Å²) in [5.74, 6) is 0. The first kappa shape index (κ1) is 8.99. The SMILES string of the molecule is O=S(=O)(Cl)OC(F)(F)F. The lowest BCUT2D eigenvalue weighted by atomic mass is 11.4. The Morgan fingerprint density at radius 3 is 1.67 bits per heavy atom. The lowest BCUT2D eigenvalue weighted by Crippen LogP contribution is -2.15. The molecule has 0 amide bonds. The van der Waals surface area contributed by atoms with Crippen LogP contribution in [0.25, 0.3) is 0 Å². The molecule has 0 aliphatic carbocycles. The highest BCUT2D eigenvalue weighted by molar-refractivity contribution is 8.10. The summed E-state index contributed by atoms with van der Waals surface area (Å²) in [5.41, 5.74) is 0. The topological polar surface area (TPSA) is 43.4 Å². The molecule has 3 nitrogen and oxygen atoms in total. The second kappa shape index (κ2) is 2.31. The molecule has 0 rings (SSSR count). The van der Waals surface area contributed by atoms with Crippen molar-refractivity contribution in [1.82, 2.24) is 0 Å². The molecular formula is CClF3O3S. The van der Waals surface area contributed by atoms with Gasteiger partial charge in [0.15, 0.2) is 0 Å². The Kier molecular flexibility index (Phi) is 2.31. The van der Waals surface area contributed by atoms with E-state index >= 15 is 0 Å². The van der Waals surface area contributed by atoms with Crippen molar-refractivity contribution in [2.75, 3.05) is 0 Å². The molecule has 0 unspecified atom stereocenters. The van der Waals surface area contributed by atoms with Gasteiger partial charge in [-0.25, -0.2) is 0 Å². The quantitative estimate of drug-likeness (QED) is 0.571. The van der Waals surface area contributed by atoms with E-state index in [0.717, 1.165) is 0 Å². The predicted octanol–water partition coefficient (Wildman–Crippen LogP) is 1.01. The van der Waals surface area contributed by atoms with E-state index in [1.807, 2.05) is 0 Å². The van der Waals surface area contributed by atoms with Crippen molar-refractivity contribution in [3.8, 4) is 0 Å². The van der Waals surface area contributed by atoms with Gasteiger partial charge < -0.3 is 0 Å². The molecule has 0 atom stereocenters. The maximum atomic E-state index is 10.9. The van der Waals surface area contributed by atoms with Gasteiger partial charge in [0.2, 0.25) is 0 Å². The Morgan fingerprint density at radius 2 is 1.67 bits per heavy atom. The Balaban J connectivity index is 4.07. The molecule has 0 bridgehead atoms. The van der Waals surface area contributed by atoms with Crippen LogP contribution in [0, 0.1) is 0 Å². The van der Waals surface area contributed by atoms with E-state index < -0.39 is 15.7 Å². The molecule has 0 aromatic rings. The van der Waals surface area contributed by atoms with E-state index in [0.29, 0.717) is 0 Å². The van der Waals surface area contributed by atoms with Gasteiger partial charge in [-0.15, -0.1) is 13.2 Å². The lowest BCUT2D eigenvalue weighted by molar-refractivity contribution is -0.270. The van der Waals surface area contributed by atoms with Crippen molar-refractivity contribution in [3.05, 3.63) is 0 Å². The van der Waals surface area contributed by atoms with Gasteiger partial charge in [0.25, 0.3) is 0 Å². The number of hydrogen-bond donors (Lipinski definition) is 0. The molecule has 0 radical (unpaired) electrons. The molecule has 0 saturated carbocycles. The van der Waals surface area contributed by atoms with Crippen LogP contribution < -0.4 is 0 Å². The first-order valence-electron chi connectivity index (χ1n) is 1.43. The largest absolute Gasteiger partial charge is 0.538 e. The third kappa shape index (κ3) is 7.99. The van der Waals surface area contributed by atoms with Crippen LogP contribution >= 0.6 is 10.7 Å². The van der Waals surface area contributed by atoms with E-state index in [1.54, 1.807) is 0 Å². The minimum Gasteiger partial charge on any atom is -0.181 e. The zero-order chi connectivity index (χ0) is 7.71. The second-order valence-electron chi connectivity index (χ2n) is 0.922. The van der Waals surface area contributed by atoms with E-state index in [-0.39, 0.29) is 0 Å². The van der Waals surface area contributed by atoms with Crippen LogP contribution in [-0.2, 0) is 13.5 Å². The first-order chi connectivity index (χ1) is 3.71. The van der Waals surface area contributed by atoms with Crippen molar-refractivity contribution in [1.29, 1.82) is 0 Å².